The van der Waals surface area contributed by atoms with E-state index >= 15 is 0 Å². The van der Waals surface area contributed by atoms with E-state index in [9.17, 15) is 9.59 Å². The lowest BCUT2D eigenvalue weighted by Gasteiger charge is -2.04. The average molecular weight is 451 g/mol. The molecule has 0 bridgehead atoms. The molecule has 0 heterocycles. The van der Waals surface area contributed by atoms with Crippen LogP contribution in [0.1, 0.15) is 161 Å². The lowest BCUT2D eigenvalue weighted by Crippen LogP contribution is -2.11. The van der Waals surface area contributed by atoms with Crippen molar-refractivity contribution in [1.29, 1.82) is 0 Å². The largest absolute Gasteiger partial charge is 0.393 e. The Morgan fingerprint density at radius 2 is 0.844 bits per heavy atom. The zero-order chi connectivity index (χ0) is 23.5. The molecular formula is C29H54O3. The second-order valence-electron chi connectivity index (χ2n) is 9.49. The third kappa shape index (κ3) is 25.1. The molecule has 32 heavy (non-hydrogen) atoms. The van der Waals surface area contributed by atoms with Crippen LogP contribution in [0.4, 0.5) is 0 Å². The van der Waals surface area contributed by atoms with Crippen molar-refractivity contribution in [3.63, 3.8) is 0 Å². The highest BCUT2D eigenvalue weighted by Gasteiger charge is 2.09. The molecule has 0 aliphatic rings. The topological polar surface area (TPSA) is 43.4 Å². The molecule has 0 fully saturated rings. The van der Waals surface area contributed by atoms with Gasteiger partial charge in [-0.25, -0.2) is 0 Å². The third-order valence-corrected chi connectivity index (χ3v) is 6.25. The SMILES string of the molecule is C=CCCCCCCCCC(=O)OC(=O)CCCCCCCCCCCCCCCCC. The Labute approximate surface area is 200 Å². The maximum Gasteiger partial charge on any atom is 0.313 e. The average Bonchev–Trinajstić information content (AvgIpc) is 2.78. The first-order valence-electron chi connectivity index (χ1n) is 14.0. The summed E-state index contributed by atoms with van der Waals surface area (Å²) in [5.41, 5.74) is 0. The van der Waals surface area contributed by atoms with E-state index in [0.717, 1.165) is 38.5 Å². The third-order valence-electron chi connectivity index (χ3n) is 6.25. The summed E-state index contributed by atoms with van der Waals surface area (Å²) < 4.78 is 4.94. The standard InChI is InChI=1S/C29H54O3/c1-3-5-7-9-11-13-14-15-16-17-18-19-21-23-25-27-29(31)32-28(30)26-24-22-20-12-10-8-6-4-2/h4H,2-3,5-27H2,1H3. The smallest absolute Gasteiger partial charge is 0.313 e. The zero-order valence-electron chi connectivity index (χ0n) is 21.5. The van der Waals surface area contributed by atoms with E-state index in [4.69, 9.17) is 4.74 Å². The summed E-state index contributed by atoms with van der Waals surface area (Å²) in [4.78, 5) is 23.5. The maximum atomic E-state index is 11.8. The summed E-state index contributed by atoms with van der Waals surface area (Å²) in [6.07, 6.45) is 30.1. The Morgan fingerprint density at radius 3 is 1.19 bits per heavy atom. The van der Waals surface area contributed by atoms with Gasteiger partial charge in [-0.15, -0.1) is 6.58 Å². The summed E-state index contributed by atoms with van der Waals surface area (Å²) in [6.45, 7) is 6.00. The van der Waals surface area contributed by atoms with Crippen molar-refractivity contribution in [3.05, 3.63) is 12.7 Å². The van der Waals surface area contributed by atoms with Crippen LogP contribution in [-0.4, -0.2) is 11.9 Å². The molecule has 0 saturated carbocycles. The van der Waals surface area contributed by atoms with Crippen molar-refractivity contribution in [2.24, 2.45) is 0 Å². The number of rotatable bonds is 25. The molecule has 0 aliphatic heterocycles. The van der Waals surface area contributed by atoms with Crippen LogP contribution in [0.5, 0.6) is 0 Å². The van der Waals surface area contributed by atoms with E-state index < -0.39 is 0 Å². The Kier molecular flexibility index (Phi) is 25.2. The lowest BCUT2D eigenvalue weighted by molar-refractivity contribution is -0.159. The maximum absolute atomic E-state index is 11.8. The van der Waals surface area contributed by atoms with E-state index in [0.29, 0.717) is 12.8 Å². The molecule has 0 aliphatic carbocycles. The molecule has 0 spiro atoms. The number of hydrogen-bond donors (Lipinski definition) is 0. The lowest BCUT2D eigenvalue weighted by atomic mass is 10.0. The van der Waals surface area contributed by atoms with Gasteiger partial charge in [0.25, 0.3) is 0 Å². The zero-order valence-corrected chi connectivity index (χ0v) is 21.5. The summed E-state index contributed by atoms with van der Waals surface area (Å²) in [5, 5.41) is 0. The van der Waals surface area contributed by atoms with Crippen LogP contribution in [0.25, 0.3) is 0 Å². The molecule has 3 nitrogen and oxygen atoms in total. The highest BCUT2D eigenvalue weighted by molar-refractivity contribution is 5.85. The monoisotopic (exact) mass is 450 g/mol. The van der Waals surface area contributed by atoms with Gasteiger partial charge in [-0.1, -0.05) is 129 Å². The Hall–Kier alpha value is -1.12. The van der Waals surface area contributed by atoms with Gasteiger partial charge in [-0.2, -0.15) is 0 Å². The molecule has 3 heteroatoms. The van der Waals surface area contributed by atoms with Gasteiger partial charge < -0.3 is 4.74 Å². The molecule has 188 valence electrons. The van der Waals surface area contributed by atoms with E-state index in [2.05, 4.69) is 13.5 Å². The van der Waals surface area contributed by atoms with Crippen molar-refractivity contribution in [2.75, 3.05) is 0 Å². The number of esters is 2. The molecule has 0 rings (SSSR count). The minimum Gasteiger partial charge on any atom is -0.393 e. The second-order valence-corrected chi connectivity index (χ2v) is 9.49. The Balaban J connectivity index is 3.28. The number of ether oxygens (including phenoxy) is 1. The van der Waals surface area contributed by atoms with Crippen molar-refractivity contribution >= 4 is 11.9 Å². The number of carbonyl (C=O) groups is 2. The van der Waals surface area contributed by atoms with E-state index in [1.165, 1.54) is 103 Å². The van der Waals surface area contributed by atoms with Crippen molar-refractivity contribution in [2.45, 2.75) is 161 Å². The van der Waals surface area contributed by atoms with Gasteiger partial charge in [0.1, 0.15) is 0 Å². The fraction of sp³-hybridized carbons (Fsp3) is 0.862. The minimum atomic E-state index is -0.345. The summed E-state index contributed by atoms with van der Waals surface area (Å²) >= 11 is 0. The van der Waals surface area contributed by atoms with E-state index in [-0.39, 0.29) is 11.9 Å². The van der Waals surface area contributed by atoms with Crippen LogP contribution in [0.2, 0.25) is 0 Å². The van der Waals surface area contributed by atoms with Gasteiger partial charge in [-0.05, 0) is 25.7 Å². The minimum absolute atomic E-state index is 0.339. The predicted molar refractivity (Wildman–Crippen MR) is 138 cm³/mol. The van der Waals surface area contributed by atoms with Gasteiger partial charge in [-0.3, -0.25) is 9.59 Å². The van der Waals surface area contributed by atoms with Crippen LogP contribution >= 0.6 is 0 Å². The molecule has 0 N–H and O–H groups in total. The molecule has 0 atom stereocenters. The molecule has 0 aromatic rings. The van der Waals surface area contributed by atoms with Crippen molar-refractivity contribution in [3.8, 4) is 0 Å². The first-order valence-corrected chi connectivity index (χ1v) is 14.0. The van der Waals surface area contributed by atoms with Crippen LogP contribution in [0, 0.1) is 0 Å². The molecular weight excluding hydrogens is 396 g/mol. The van der Waals surface area contributed by atoms with Gasteiger partial charge >= 0.3 is 11.9 Å². The van der Waals surface area contributed by atoms with Gasteiger partial charge in [0.05, 0.1) is 0 Å². The second kappa shape index (κ2) is 26.1. The first kappa shape index (κ1) is 30.9. The van der Waals surface area contributed by atoms with E-state index in [1.54, 1.807) is 0 Å². The van der Waals surface area contributed by atoms with Crippen LogP contribution in [-0.2, 0) is 14.3 Å². The molecule has 0 radical (unpaired) electrons. The highest BCUT2D eigenvalue weighted by Crippen LogP contribution is 2.14. The number of carbonyl (C=O) groups excluding carboxylic acids is 2. The van der Waals surface area contributed by atoms with Crippen LogP contribution in [0.3, 0.4) is 0 Å². The summed E-state index contributed by atoms with van der Waals surface area (Å²) in [5.74, 6) is -0.684. The van der Waals surface area contributed by atoms with Crippen molar-refractivity contribution in [1.82, 2.24) is 0 Å². The molecule has 0 aromatic carbocycles. The fourth-order valence-corrected chi connectivity index (χ4v) is 4.13. The number of unbranched alkanes of at least 4 members (excludes halogenated alkanes) is 20. The Bertz CT molecular complexity index is 430. The number of hydrogen-bond acceptors (Lipinski definition) is 3. The van der Waals surface area contributed by atoms with Gasteiger partial charge in [0.2, 0.25) is 0 Å². The van der Waals surface area contributed by atoms with E-state index in [1.807, 2.05) is 6.08 Å². The van der Waals surface area contributed by atoms with Crippen LogP contribution < -0.4 is 0 Å². The molecule has 0 saturated heterocycles. The highest BCUT2D eigenvalue weighted by atomic mass is 16.6. The van der Waals surface area contributed by atoms with Gasteiger partial charge in [0.15, 0.2) is 0 Å². The predicted octanol–water partition coefficient (Wildman–Crippen LogP) is 9.62. The van der Waals surface area contributed by atoms with Gasteiger partial charge in [0, 0.05) is 12.8 Å². The summed E-state index contributed by atoms with van der Waals surface area (Å²) in [6, 6.07) is 0. The fourth-order valence-electron chi connectivity index (χ4n) is 4.13. The van der Waals surface area contributed by atoms with Crippen LogP contribution in [0.15, 0.2) is 12.7 Å². The molecule has 0 amide bonds. The van der Waals surface area contributed by atoms with Crippen molar-refractivity contribution < 1.29 is 14.3 Å². The molecule has 0 unspecified atom stereocenters. The number of allylic oxidation sites excluding steroid dienone is 1. The Morgan fingerprint density at radius 1 is 0.531 bits per heavy atom. The summed E-state index contributed by atoms with van der Waals surface area (Å²) in [7, 11) is 0. The normalized spacial score (nSPS) is 10.9. The quantitative estimate of drug-likeness (QED) is 0.0601. The first-order chi connectivity index (χ1) is 15.7. The molecule has 0 aromatic heterocycles.